The maximum absolute atomic E-state index is 13.0. The number of nitrogen functional groups attached to an aromatic ring is 1. The topological polar surface area (TPSA) is 122 Å². The second kappa shape index (κ2) is 7.01. The lowest BCUT2D eigenvalue weighted by Crippen LogP contribution is -2.34. The Kier molecular flexibility index (Phi) is 4.52. The fourth-order valence-electron chi connectivity index (χ4n) is 3.27. The standard InChI is InChI=1S/C19H18N4O4S/c1-10-14(16(27-22-10)11-5-3-2-4-6-11)17(24)21-18-15(20)12-7-8-23(19(25)26)9-13(12)28-18/h2-6H,7-9,20H2,1H3,(H,21,24)(H,25,26). The van der Waals surface area contributed by atoms with Gasteiger partial charge >= 0.3 is 6.09 Å². The highest BCUT2D eigenvalue weighted by molar-refractivity contribution is 7.17. The SMILES string of the molecule is Cc1noc(-c2ccccc2)c1C(=O)Nc1sc2c(c1N)CCN(C(=O)O)C2. The highest BCUT2D eigenvalue weighted by Crippen LogP contribution is 2.40. The van der Waals surface area contributed by atoms with E-state index in [1.54, 1.807) is 6.92 Å². The predicted octanol–water partition coefficient (Wildman–Crippen LogP) is 3.58. The zero-order chi connectivity index (χ0) is 19.8. The van der Waals surface area contributed by atoms with E-state index < -0.39 is 6.09 Å². The van der Waals surface area contributed by atoms with Crippen molar-refractivity contribution < 1.29 is 19.2 Å². The van der Waals surface area contributed by atoms with Crippen LogP contribution in [0.5, 0.6) is 0 Å². The number of anilines is 2. The van der Waals surface area contributed by atoms with E-state index >= 15 is 0 Å². The monoisotopic (exact) mass is 398 g/mol. The van der Waals surface area contributed by atoms with Crippen molar-refractivity contribution in [1.82, 2.24) is 10.1 Å². The van der Waals surface area contributed by atoms with E-state index in [1.165, 1.54) is 16.2 Å². The predicted molar refractivity (Wildman–Crippen MR) is 105 cm³/mol. The number of rotatable bonds is 3. The lowest BCUT2D eigenvalue weighted by atomic mass is 10.1. The van der Waals surface area contributed by atoms with Crippen molar-refractivity contribution in [3.05, 3.63) is 52.0 Å². The second-order valence-corrected chi connectivity index (χ2v) is 7.60. The molecule has 2 aromatic heterocycles. The van der Waals surface area contributed by atoms with Crippen molar-refractivity contribution in [2.75, 3.05) is 17.6 Å². The Morgan fingerprint density at radius 3 is 2.79 bits per heavy atom. The molecule has 0 unspecified atom stereocenters. The number of nitrogens with zero attached hydrogens (tertiary/aromatic N) is 2. The highest BCUT2D eigenvalue weighted by Gasteiger charge is 2.28. The van der Waals surface area contributed by atoms with E-state index in [1.807, 2.05) is 30.3 Å². The van der Waals surface area contributed by atoms with Crippen LogP contribution in [0.2, 0.25) is 0 Å². The fraction of sp³-hybridized carbons (Fsp3) is 0.211. The Balaban J connectivity index is 1.63. The lowest BCUT2D eigenvalue weighted by molar-refractivity contribution is 0.102. The highest BCUT2D eigenvalue weighted by atomic mass is 32.1. The molecule has 4 rings (SSSR count). The van der Waals surface area contributed by atoms with Gasteiger partial charge in [-0.2, -0.15) is 0 Å². The maximum atomic E-state index is 13.0. The third-order valence-electron chi connectivity index (χ3n) is 4.72. The van der Waals surface area contributed by atoms with Crippen LogP contribution < -0.4 is 11.1 Å². The molecule has 0 fully saturated rings. The van der Waals surface area contributed by atoms with E-state index in [2.05, 4.69) is 10.5 Å². The van der Waals surface area contributed by atoms with Crippen molar-refractivity contribution in [2.45, 2.75) is 19.9 Å². The van der Waals surface area contributed by atoms with Crippen LogP contribution in [-0.4, -0.2) is 33.7 Å². The summed E-state index contributed by atoms with van der Waals surface area (Å²) < 4.78 is 5.38. The number of nitrogens with one attached hydrogen (secondary N) is 1. The van der Waals surface area contributed by atoms with Gasteiger partial charge in [0.1, 0.15) is 10.6 Å². The minimum atomic E-state index is -0.962. The van der Waals surface area contributed by atoms with Crippen molar-refractivity contribution in [3.8, 4) is 11.3 Å². The summed E-state index contributed by atoms with van der Waals surface area (Å²) in [7, 11) is 0. The van der Waals surface area contributed by atoms with Crippen LogP contribution in [-0.2, 0) is 13.0 Å². The molecule has 0 saturated carbocycles. The Labute approximate surface area is 164 Å². The van der Waals surface area contributed by atoms with Gasteiger partial charge in [-0.25, -0.2) is 4.79 Å². The first-order chi connectivity index (χ1) is 13.5. The Hall–Kier alpha value is -3.33. The van der Waals surface area contributed by atoms with E-state index in [0.29, 0.717) is 40.7 Å². The van der Waals surface area contributed by atoms with E-state index in [0.717, 1.165) is 16.0 Å². The molecule has 0 atom stereocenters. The van der Waals surface area contributed by atoms with Crippen LogP contribution in [0.15, 0.2) is 34.9 Å². The lowest BCUT2D eigenvalue weighted by Gasteiger charge is -2.23. The van der Waals surface area contributed by atoms with Gasteiger partial charge in [-0.1, -0.05) is 35.5 Å². The summed E-state index contributed by atoms with van der Waals surface area (Å²) in [6.45, 7) is 2.37. The zero-order valence-corrected chi connectivity index (χ0v) is 15.9. The molecule has 3 heterocycles. The number of carbonyl (C=O) groups excluding carboxylic acids is 1. The minimum absolute atomic E-state index is 0.275. The van der Waals surface area contributed by atoms with Gasteiger partial charge in [-0.15, -0.1) is 11.3 Å². The number of hydrogen-bond donors (Lipinski definition) is 3. The van der Waals surface area contributed by atoms with Gasteiger partial charge in [-0.3, -0.25) is 4.79 Å². The zero-order valence-electron chi connectivity index (χ0n) is 15.1. The third kappa shape index (κ3) is 3.09. The molecule has 9 heteroatoms. The van der Waals surface area contributed by atoms with Gasteiger partial charge in [0.2, 0.25) is 0 Å². The molecule has 28 heavy (non-hydrogen) atoms. The molecule has 1 aliphatic rings. The Morgan fingerprint density at radius 2 is 2.07 bits per heavy atom. The summed E-state index contributed by atoms with van der Waals surface area (Å²) in [6.07, 6.45) is -0.433. The van der Waals surface area contributed by atoms with Crippen LogP contribution in [0, 0.1) is 6.92 Å². The number of amides is 2. The van der Waals surface area contributed by atoms with Gasteiger partial charge in [0.25, 0.3) is 5.91 Å². The summed E-state index contributed by atoms with van der Waals surface area (Å²) in [5.41, 5.74) is 9.21. The number of fused-ring (bicyclic) bond motifs is 1. The van der Waals surface area contributed by atoms with Gasteiger partial charge < -0.3 is 25.6 Å². The smallest absolute Gasteiger partial charge is 0.407 e. The number of benzene rings is 1. The molecule has 0 bridgehead atoms. The molecule has 3 aromatic rings. The summed E-state index contributed by atoms with van der Waals surface area (Å²) in [4.78, 5) is 26.4. The molecule has 0 spiro atoms. The number of nitrogens with two attached hydrogens (primary N) is 1. The summed E-state index contributed by atoms with van der Waals surface area (Å²) in [5.74, 6) is 0.0329. The Morgan fingerprint density at radius 1 is 1.32 bits per heavy atom. The van der Waals surface area contributed by atoms with Crippen LogP contribution in [0.25, 0.3) is 11.3 Å². The molecule has 0 aliphatic carbocycles. The molecule has 1 aromatic carbocycles. The van der Waals surface area contributed by atoms with Crippen molar-refractivity contribution >= 4 is 34.0 Å². The van der Waals surface area contributed by atoms with Crippen LogP contribution >= 0.6 is 11.3 Å². The molecule has 1 aliphatic heterocycles. The van der Waals surface area contributed by atoms with Gasteiger partial charge in [-0.05, 0) is 18.9 Å². The van der Waals surface area contributed by atoms with Crippen molar-refractivity contribution in [1.29, 1.82) is 0 Å². The number of thiophene rings is 1. The number of aryl methyl sites for hydroxylation is 1. The first kappa shape index (κ1) is 18.1. The van der Waals surface area contributed by atoms with E-state index in [-0.39, 0.29) is 12.5 Å². The first-order valence-corrected chi connectivity index (χ1v) is 9.48. The number of hydrogen-bond acceptors (Lipinski definition) is 6. The van der Waals surface area contributed by atoms with Crippen LogP contribution in [0.4, 0.5) is 15.5 Å². The number of aromatic nitrogens is 1. The molecule has 2 amide bonds. The molecule has 0 radical (unpaired) electrons. The van der Waals surface area contributed by atoms with Gasteiger partial charge in [0.15, 0.2) is 5.76 Å². The number of carboxylic acid groups (broad SMARTS) is 1. The van der Waals surface area contributed by atoms with E-state index in [4.69, 9.17) is 10.3 Å². The summed E-state index contributed by atoms with van der Waals surface area (Å²) in [5, 5.41) is 16.5. The van der Waals surface area contributed by atoms with Gasteiger partial charge in [0.05, 0.1) is 17.9 Å². The number of carbonyl (C=O) groups is 2. The minimum Gasteiger partial charge on any atom is -0.465 e. The Bertz CT molecular complexity index is 1060. The van der Waals surface area contributed by atoms with E-state index in [9.17, 15) is 14.7 Å². The van der Waals surface area contributed by atoms with Crippen molar-refractivity contribution in [3.63, 3.8) is 0 Å². The average molecular weight is 398 g/mol. The maximum Gasteiger partial charge on any atom is 0.407 e. The second-order valence-electron chi connectivity index (χ2n) is 6.49. The van der Waals surface area contributed by atoms with Gasteiger partial charge in [0, 0.05) is 17.0 Å². The molecular formula is C19H18N4O4S. The summed E-state index contributed by atoms with van der Waals surface area (Å²) in [6, 6.07) is 9.28. The van der Waals surface area contributed by atoms with Crippen LogP contribution in [0.3, 0.4) is 0 Å². The average Bonchev–Trinajstić information content (AvgIpc) is 3.22. The third-order valence-corrected chi connectivity index (χ3v) is 5.87. The quantitative estimate of drug-likeness (QED) is 0.620. The molecular weight excluding hydrogens is 380 g/mol. The van der Waals surface area contributed by atoms with Crippen LogP contribution in [0.1, 0.15) is 26.5 Å². The first-order valence-electron chi connectivity index (χ1n) is 8.66. The normalized spacial score (nSPS) is 13.2. The summed E-state index contributed by atoms with van der Waals surface area (Å²) >= 11 is 1.30. The molecule has 0 saturated heterocycles. The molecule has 4 N–H and O–H groups in total. The fourth-order valence-corrected chi connectivity index (χ4v) is 4.45. The molecule has 144 valence electrons. The molecule has 8 nitrogen and oxygen atoms in total. The van der Waals surface area contributed by atoms with Crippen molar-refractivity contribution in [2.24, 2.45) is 0 Å². The largest absolute Gasteiger partial charge is 0.465 e.